The molecular weight excluding hydrogens is 244 g/mol. The first kappa shape index (κ1) is 13.5. The highest BCUT2D eigenvalue weighted by Crippen LogP contribution is 2.33. The molecule has 0 aromatic heterocycles. The van der Waals surface area contributed by atoms with E-state index >= 15 is 0 Å². The lowest BCUT2D eigenvalue weighted by molar-refractivity contribution is -0.116. The molecule has 2 rings (SSSR count). The minimum absolute atomic E-state index is 0.127. The average Bonchev–Trinajstić information content (AvgIpc) is 3.11. The second-order valence-corrected chi connectivity index (χ2v) is 5.06. The predicted molar refractivity (Wildman–Crippen MR) is 72.1 cm³/mol. The highest BCUT2D eigenvalue weighted by atomic mass is 16.4. The summed E-state index contributed by atoms with van der Waals surface area (Å²) in [6.07, 6.45) is 2.40. The van der Waals surface area contributed by atoms with Crippen LogP contribution in [0.15, 0.2) is 18.2 Å². The molecule has 1 unspecified atom stereocenters. The maximum Gasteiger partial charge on any atom is 0.338 e. The Balaban J connectivity index is 2.07. The zero-order valence-corrected chi connectivity index (χ0v) is 10.8. The molecule has 0 spiro atoms. The lowest BCUT2D eigenvalue weighted by atomic mass is 10.1. The van der Waals surface area contributed by atoms with Crippen molar-refractivity contribution in [1.29, 1.82) is 0 Å². The van der Waals surface area contributed by atoms with E-state index in [9.17, 15) is 9.59 Å². The van der Waals surface area contributed by atoms with Crippen molar-refractivity contribution >= 4 is 17.6 Å². The third kappa shape index (κ3) is 3.32. The summed E-state index contributed by atoms with van der Waals surface area (Å²) in [5, 5.41) is 11.8. The summed E-state index contributed by atoms with van der Waals surface area (Å²) in [4.78, 5) is 23.0. The molecule has 1 aliphatic carbocycles. The highest BCUT2D eigenvalue weighted by Gasteiger charge is 2.30. The fourth-order valence-electron chi connectivity index (χ4n) is 2.16. The predicted octanol–water partition coefficient (Wildman–Crippen LogP) is 1.76. The molecule has 1 aromatic rings. The first-order valence-corrected chi connectivity index (χ1v) is 6.37. The van der Waals surface area contributed by atoms with Gasteiger partial charge < -0.3 is 16.2 Å². The number of nitrogens with one attached hydrogen (secondary N) is 1. The summed E-state index contributed by atoms with van der Waals surface area (Å²) in [6.45, 7) is 1.70. The normalized spacial score (nSPS) is 15.9. The van der Waals surface area contributed by atoms with Crippen molar-refractivity contribution in [2.75, 3.05) is 5.32 Å². The number of nitrogens with two attached hydrogens (primary N) is 1. The van der Waals surface area contributed by atoms with Crippen LogP contribution in [0, 0.1) is 12.8 Å². The van der Waals surface area contributed by atoms with Gasteiger partial charge in [0, 0.05) is 12.5 Å². The number of benzene rings is 1. The van der Waals surface area contributed by atoms with Crippen LogP contribution in [0.4, 0.5) is 5.69 Å². The first-order valence-electron chi connectivity index (χ1n) is 6.37. The van der Waals surface area contributed by atoms with Gasteiger partial charge in [0.15, 0.2) is 0 Å². The van der Waals surface area contributed by atoms with E-state index in [1.807, 2.05) is 0 Å². The molecule has 5 heteroatoms. The van der Waals surface area contributed by atoms with Gasteiger partial charge in [-0.15, -0.1) is 0 Å². The molecule has 4 N–H and O–H groups in total. The summed E-state index contributed by atoms with van der Waals surface area (Å²) in [6, 6.07) is 4.89. The van der Waals surface area contributed by atoms with Gasteiger partial charge in [0.25, 0.3) is 0 Å². The van der Waals surface area contributed by atoms with Crippen molar-refractivity contribution in [3.63, 3.8) is 0 Å². The van der Waals surface area contributed by atoms with Gasteiger partial charge in [0.2, 0.25) is 5.91 Å². The van der Waals surface area contributed by atoms with Gasteiger partial charge in [-0.2, -0.15) is 0 Å². The van der Waals surface area contributed by atoms with E-state index in [-0.39, 0.29) is 23.9 Å². The van der Waals surface area contributed by atoms with Crippen molar-refractivity contribution in [1.82, 2.24) is 0 Å². The number of aromatic carboxylic acids is 1. The Bertz CT molecular complexity index is 509. The van der Waals surface area contributed by atoms with Crippen LogP contribution in [0.5, 0.6) is 0 Å². The maximum absolute atomic E-state index is 11.9. The quantitative estimate of drug-likeness (QED) is 0.753. The SMILES string of the molecule is Cc1cccc(NC(=O)CC(N)C2CC2)c1C(=O)O. The molecule has 1 atom stereocenters. The summed E-state index contributed by atoms with van der Waals surface area (Å²) in [5.74, 6) is -0.824. The van der Waals surface area contributed by atoms with Crippen LogP contribution in [-0.2, 0) is 4.79 Å². The number of rotatable bonds is 5. The van der Waals surface area contributed by atoms with Crippen molar-refractivity contribution in [3.8, 4) is 0 Å². The molecule has 5 nitrogen and oxygen atoms in total. The summed E-state index contributed by atoms with van der Waals surface area (Å²) in [5.41, 5.74) is 6.98. The van der Waals surface area contributed by atoms with E-state index < -0.39 is 5.97 Å². The molecule has 19 heavy (non-hydrogen) atoms. The summed E-state index contributed by atoms with van der Waals surface area (Å²) in [7, 11) is 0. The van der Waals surface area contributed by atoms with Gasteiger partial charge in [-0.3, -0.25) is 4.79 Å². The fourth-order valence-corrected chi connectivity index (χ4v) is 2.16. The van der Waals surface area contributed by atoms with Crippen LogP contribution >= 0.6 is 0 Å². The Morgan fingerprint density at radius 3 is 2.74 bits per heavy atom. The number of hydrogen-bond acceptors (Lipinski definition) is 3. The van der Waals surface area contributed by atoms with E-state index in [0.717, 1.165) is 12.8 Å². The summed E-state index contributed by atoms with van der Waals surface area (Å²) >= 11 is 0. The molecular formula is C14H18N2O3. The van der Waals surface area contributed by atoms with Gasteiger partial charge in [-0.05, 0) is 37.3 Å². The Kier molecular flexibility index (Phi) is 3.85. The van der Waals surface area contributed by atoms with Gasteiger partial charge in [0.1, 0.15) is 0 Å². The number of carbonyl (C=O) groups is 2. The molecule has 0 saturated heterocycles. The second-order valence-electron chi connectivity index (χ2n) is 5.06. The van der Waals surface area contributed by atoms with Crippen molar-refractivity contribution in [2.24, 2.45) is 11.7 Å². The van der Waals surface area contributed by atoms with E-state index in [4.69, 9.17) is 10.8 Å². The van der Waals surface area contributed by atoms with Crippen LogP contribution in [-0.4, -0.2) is 23.0 Å². The third-order valence-corrected chi connectivity index (χ3v) is 3.41. The van der Waals surface area contributed by atoms with Crippen LogP contribution in [0.1, 0.15) is 35.2 Å². The number of amides is 1. The zero-order chi connectivity index (χ0) is 14.0. The number of carboxylic acid groups (broad SMARTS) is 1. The fraction of sp³-hybridized carbons (Fsp3) is 0.429. The van der Waals surface area contributed by atoms with Gasteiger partial charge in [-0.25, -0.2) is 4.79 Å². The molecule has 0 heterocycles. The summed E-state index contributed by atoms with van der Waals surface area (Å²) < 4.78 is 0. The molecule has 0 radical (unpaired) electrons. The lowest BCUT2D eigenvalue weighted by Crippen LogP contribution is -2.29. The zero-order valence-electron chi connectivity index (χ0n) is 10.8. The van der Waals surface area contributed by atoms with E-state index in [2.05, 4.69) is 5.32 Å². The molecule has 102 valence electrons. The Morgan fingerprint density at radius 2 is 2.16 bits per heavy atom. The van der Waals surface area contributed by atoms with Crippen LogP contribution in [0.2, 0.25) is 0 Å². The van der Waals surface area contributed by atoms with Gasteiger partial charge in [-0.1, -0.05) is 12.1 Å². The van der Waals surface area contributed by atoms with E-state index in [1.165, 1.54) is 0 Å². The Hall–Kier alpha value is -1.88. The highest BCUT2D eigenvalue weighted by molar-refractivity contribution is 6.01. The van der Waals surface area contributed by atoms with Crippen molar-refractivity contribution in [3.05, 3.63) is 29.3 Å². The standard InChI is InChI=1S/C14H18N2O3/c1-8-3-2-4-11(13(8)14(18)19)16-12(17)7-10(15)9-5-6-9/h2-4,9-10H,5-7,15H2,1H3,(H,16,17)(H,18,19). The number of aryl methyl sites for hydroxylation is 1. The molecule has 1 fully saturated rings. The molecule has 0 bridgehead atoms. The number of hydrogen-bond donors (Lipinski definition) is 3. The minimum atomic E-state index is -1.04. The van der Waals surface area contributed by atoms with Crippen LogP contribution in [0.25, 0.3) is 0 Å². The van der Waals surface area contributed by atoms with Gasteiger partial charge >= 0.3 is 5.97 Å². The molecule has 1 aliphatic rings. The largest absolute Gasteiger partial charge is 0.478 e. The van der Waals surface area contributed by atoms with E-state index in [1.54, 1.807) is 25.1 Å². The van der Waals surface area contributed by atoms with Crippen molar-refractivity contribution in [2.45, 2.75) is 32.2 Å². The lowest BCUT2D eigenvalue weighted by Gasteiger charge is -2.13. The smallest absolute Gasteiger partial charge is 0.338 e. The second kappa shape index (κ2) is 5.40. The Labute approximate surface area is 111 Å². The molecule has 1 aromatic carbocycles. The van der Waals surface area contributed by atoms with Gasteiger partial charge in [0.05, 0.1) is 11.3 Å². The van der Waals surface area contributed by atoms with Crippen molar-refractivity contribution < 1.29 is 14.7 Å². The number of carboxylic acids is 1. The molecule has 1 amide bonds. The minimum Gasteiger partial charge on any atom is -0.478 e. The number of anilines is 1. The number of carbonyl (C=O) groups excluding carboxylic acids is 1. The monoisotopic (exact) mass is 262 g/mol. The third-order valence-electron chi connectivity index (χ3n) is 3.41. The topological polar surface area (TPSA) is 92.4 Å². The average molecular weight is 262 g/mol. The molecule has 1 saturated carbocycles. The molecule has 0 aliphatic heterocycles. The Morgan fingerprint density at radius 1 is 1.47 bits per heavy atom. The van der Waals surface area contributed by atoms with Crippen LogP contribution in [0.3, 0.4) is 0 Å². The van der Waals surface area contributed by atoms with Crippen LogP contribution < -0.4 is 11.1 Å². The van der Waals surface area contributed by atoms with E-state index in [0.29, 0.717) is 17.2 Å². The first-order chi connectivity index (χ1) is 8.99. The maximum atomic E-state index is 11.9.